The van der Waals surface area contributed by atoms with Gasteiger partial charge in [0.2, 0.25) is 0 Å². The Morgan fingerprint density at radius 3 is 2.81 bits per heavy atom. The van der Waals surface area contributed by atoms with Crippen LogP contribution in [0.3, 0.4) is 0 Å². The molecule has 0 bridgehead atoms. The third-order valence-electron chi connectivity index (χ3n) is 2.83. The molecule has 2 aromatic rings. The topological polar surface area (TPSA) is 61.4 Å². The Balaban J connectivity index is 1.78. The van der Waals surface area contributed by atoms with Crippen LogP contribution >= 0.6 is 11.3 Å². The quantitative estimate of drug-likeness (QED) is 0.794. The second kappa shape index (κ2) is 7.14. The highest BCUT2D eigenvalue weighted by Crippen LogP contribution is 2.15. The van der Waals surface area contributed by atoms with Gasteiger partial charge in [0.25, 0.3) is 0 Å². The van der Waals surface area contributed by atoms with E-state index < -0.39 is 23.8 Å². The van der Waals surface area contributed by atoms with Crippen LogP contribution in [0.4, 0.5) is 13.6 Å². The first-order valence-electron chi connectivity index (χ1n) is 6.22. The second-order valence-corrected chi connectivity index (χ2v) is 5.15. The molecule has 2 rings (SSSR count). The molecule has 0 aliphatic carbocycles. The summed E-state index contributed by atoms with van der Waals surface area (Å²) in [7, 11) is 0. The minimum Gasteiger partial charge on any atom is -0.387 e. The van der Waals surface area contributed by atoms with Crippen molar-refractivity contribution in [2.75, 3.05) is 6.54 Å². The number of nitrogens with one attached hydrogen (secondary N) is 2. The highest BCUT2D eigenvalue weighted by atomic mass is 32.1. The van der Waals surface area contributed by atoms with Gasteiger partial charge in [-0.25, -0.2) is 13.6 Å². The number of aliphatic hydroxyl groups excluding tert-OH is 1. The first-order valence-corrected chi connectivity index (χ1v) is 7.16. The number of amides is 2. The summed E-state index contributed by atoms with van der Waals surface area (Å²) in [5.41, 5.74) is 0.778. The lowest BCUT2D eigenvalue weighted by Crippen LogP contribution is -2.37. The molecule has 4 nitrogen and oxygen atoms in total. The lowest BCUT2D eigenvalue weighted by atomic mass is 10.2. The van der Waals surface area contributed by atoms with E-state index in [0.29, 0.717) is 0 Å². The Bertz CT molecular complexity index is 605. The predicted molar refractivity (Wildman–Crippen MR) is 75.9 cm³/mol. The number of aliphatic hydroxyl groups is 1. The molecule has 0 saturated heterocycles. The number of urea groups is 1. The van der Waals surface area contributed by atoms with Crippen molar-refractivity contribution < 1.29 is 18.7 Å². The van der Waals surface area contributed by atoms with Crippen LogP contribution in [-0.2, 0) is 6.54 Å². The van der Waals surface area contributed by atoms with E-state index in [0.717, 1.165) is 23.8 Å². The Morgan fingerprint density at radius 2 is 2.10 bits per heavy atom. The standard InChI is InChI=1S/C14H14F2N2O2S/c15-11-1-2-12(16)10(5-11)6-17-14(20)18-7-13(19)9-3-4-21-8-9/h1-5,8,13,19H,6-7H2,(H2,17,18,20). The fraction of sp³-hybridized carbons (Fsp3) is 0.214. The lowest BCUT2D eigenvalue weighted by Gasteiger charge is -2.12. The van der Waals surface area contributed by atoms with Crippen molar-refractivity contribution in [3.05, 3.63) is 57.8 Å². The number of benzene rings is 1. The van der Waals surface area contributed by atoms with E-state index >= 15 is 0 Å². The summed E-state index contributed by atoms with van der Waals surface area (Å²) in [5, 5.41) is 18.3. The normalized spacial score (nSPS) is 12.0. The van der Waals surface area contributed by atoms with Crippen LogP contribution in [0.2, 0.25) is 0 Å². The molecule has 0 radical (unpaired) electrons. The minimum atomic E-state index is -0.798. The summed E-state index contributed by atoms with van der Waals surface area (Å²) in [5.74, 6) is -1.16. The van der Waals surface area contributed by atoms with Gasteiger partial charge in [0.05, 0.1) is 6.10 Å². The molecule has 1 heterocycles. The van der Waals surface area contributed by atoms with Gasteiger partial charge in [-0.15, -0.1) is 0 Å². The van der Waals surface area contributed by atoms with Gasteiger partial charge in [-0.05, 0) is 40.6 Å². The van der Waals surface area contributed by atoms with Gasteiger partial charge in [-0.2, -0.15) is 11.3 Å². The molecule has 1 unspecified atom stereocenters. The van der Waals surface area contributed by atoms with Crippen LogP contribution in [0, 0.1) is 11.6 Å². The highest BCUT2D eigenvalue weighted by Gasteiger charge is 2.10. The number of carbonyl (C=O) groups is 1. The zero-order valence-corrected chi connectivity index (χ0v) is 11.8. The molecule has 1 aromatic carbocycles. The van der Waals surface area contributed by atoms with Crippen LogP contribution < -0.4 is 10.6 Å². The van der Waals surface area contributed by atoms with E-state index in [2.05, 4.69) is 10.6 Å². The maximum Gasteiger partial charge on any atom is 0.315 e. The molecule has 1 aromatic heterocycles. The Hall–Kier alpha value is -1.99. The van der Waals surface area contributed by atoms with Gasteiger partial charge in [-0.1, -0.05) is 0 Å². The van der Waals surface area contributed by atoms with Crippen molar-refractivity contribution in [1.29, 1.82) is 0 Å². The number of halogens is 2. The Morgan fingerprint density at radius 1 is 1.29 bits per heavy atom. The minimum absolute atomic E-state index is 0.0359. The second-order valence-electron chi connectivity index (χ2n) is 4.37. The first-order chi connectivity index (χ1) is 10.1. The van der Waals surface area contributed by atoms with Gasteiger partial charge in [-0.3, -0.25) is 0 Å². The highest BCUT2D eigenvalue weighted by molar-refractivity contribution is 7.07. The van der Waals surface area contributed by atoms with Crippen molar-refractivity contribution in [2.45, 2.75) is 12.6 Å². The molecule has 7 heteroatoms. The number of hydrogen-bond donors (Lipinski definition) is 3. The summed E-state index contributed by atoms with van der Waals surface area (Å²) in [4.78, 5) is 11.5. The van der Waals surface area contributed by atoms with Crippen LogP contribution in [-0.4, -0.2) is 17.7 Å². The zero-order chi connectivity index (χ0) is 15.2. The largest absolute Gasteiger partial charge is 0.387 e. The molecule has 1 atom stereocenters. The predicted octanol–water partition coefficient (Wildman–Crippen LogP) is 2.56. The fourth-order valence-electron chi connectivity index (χ4n) is 1.69. The number of hydrogen-bond acceptors (Lipinski definition) is 3. The maximum atomic E-state index is 13.3. The average molecular weight is 312 g/mol. The molecule has 0 fully saturated rings. The van der Waals surface area contributed by atoms with E-state index in [1.165, 1.54) is 11.3 Å². The molecule has 3 N–H and O–H groups in total. The number of thiophene rings is 1. The van der Waals surface area contributed by atoms with Crippen molar-refractivity contribution in [2.24, 2.45) is 0 Å². The average Bonchev–Trinajstić information content (AvgIpc) is 3.00. The van der Waals surface area contributed by atoms with Crippen molar-refractivity contribution in [3.8, 4) is 0 Å². The van der Waals surface area contributed by atoms with Gasteiger partial charge >= 0.3 is 6.03 Å². The van der Waals surface area contributed by atoms with Gasteiger partial charge in [0, 0.05) is 18.7 Å². The van der Waals surface area contributed by atoms with Gasteiger partial charge in [0.15, 0.2) is 0 Å². The lowest BCUT2D eigenvalue weighted by molar-refractivity contribution is 0.173. The maximum absolute atomic E-state index is 13.3. The zero-order valence-electron chi connectivity index (χ0n) is 11.0. The van der Waals surface area contributed by atoms with Crippen molar-refractivity contribution >= 4 is 17.4 Å². The molecule has 0 aliphatic rings. The molecular weight excluding hydrogens is 298 g/mol. The molecular formula is C14H14F2N2O2S. The summed E-state index contributed by atoms with van der Waals surface area (Å²) >= 11 is 1.45. The van der Waals surface area contributed by atoms with Crippen LogP contribution in [0.25, 0.3) is 0 Å². The molecule has 0 spiro atoms. The van der Waals surface area contributed by atoms with Gasteiger partial charge in [0.1, 0.15) is 11.6 Å². The summed E-state index contributed by atoms with van der Waals surface area (Å²) < 4.78 is 26.3. The molecule has 0 aliphatic heterocycles. The smallest absolute Gasteiger partial charge is 0.315 e. The van der Waals surface area contributed by atoms with Crippen molar-refractivity contribution in [1.82, 2.24) is 10.6 Å². The summed E-state index contributed by atoms with van der Waals surface area (Å²) in [6, 6.07) is 4.24. The van der Waals surface area contributed by atoms with Gasteiger partial charge < -0.3 is 15.7 Å². The van der Waals surface area contributed by atoms with Crippen LogP contribution in [0.5, 0.6) is 0 Å². The fourth-order valence-corrected chi connectivity index (χ4v) is 2.40. The third kappa shape index (κ3) is 4.51. The molecule has 21 heavy (non-hydrogen) atoms. The Labute approximate surface area is 124 Å². The van der Waals surface area contributed by atoms with Crippen LogP contribution in [0.15, 0.2) is 35.0 Å². The van der Waals surface area contributed by atoms with Crippen LogP contribution in [0.1, 0.15) is 17.2 Å². The number of rotatable bonds is 5. The van der Waals surface area contributed by atoms with E-state index in [4.69, 9.17) is 0 Å². The first kappa shape index (κ1) is 15.4. The third-order valence-corrected chi connectivity index (χ3v) is 3.53. The van der Waals surface area contributed by atoms with E-state index in [1.807, 2.05) is 5.38 Å². The summed E-state index contributed by atoms with van der Waals surface area (Å²) in [6.45, 7) is -0.0990. The number of carbonyl (C=O) groups excluding carboxylic acids is 1. The molecule has 112 valence electrons. The van der Waals surface area contributed by atoms with E-state index in [-0.39, 0.29) is 18.7 Å². The SMILES string of the molecule is O=C(NCc1cc(F)ccc1F)NCC(O)c1ccsc1. The summed E-state index contributed by atoms with van der Waals surface area (Å²) in [6.07, 6.45) is -0.798. The van der Waals surface area contributed by atoms with E-state index in [9.17, 15) is 18.7 Å². The Kier molecular flexibility index (Phi) is 5.24. The van der Waals surface area contributed by atoms with E-state index in [1.54, 1.807) is 11.4 Å². The monoisotopic (exact) mass is 312 g/mol. The molecule has 2 amide bonds. The molecule has 0 saturated carbocycles. The van der Waals surface area contributed by atoms with Crippen molar-refractivity contribution in [3.63, 3.8) is 0 Å².